The summed E-state index contributed by atoms with van der Waals surface area (Å²) in [6.45, 7) is 8.80. The summed E-state index contributed by atoms with van der Waals surface area (Å²) >= 11 is 0. The van der Waals surface area contributed by atoms with Gasteiger partial charge in [-0.2, -0.15) is 5.10 Å². The molecule has 0 saturated carbocycles. The molecule has 24 heavy (non-hydrogen) atoms. The molecule has 1 aromatic rings. The number of hydrogen-bond donors (Lipinski definition) is 1. The van der Waals surface area contributed by atoms with Crippen molar-refractivity contribution in [3.05, 3.63) is 18.0 Å². The van der Waals surface area contributed by atoms with Gasteiger partial charge < -0.3 is 20.1 Å². The van der Waals surface area contributed by atoms with E-state index in [2.05, 4.69) is 28.8 Å². The first-order valence-electron chi connectivity index (χ1n) is 8.48. The van der Waals surface area contributed by atoms with Gasteiger partial charge in [-0.25, -0.2) is 0 Å². The van der Waals surface area contributed by atoms with Crippen molar-refractivity contribution in [2.45, 2.75) is 39.0 Å². The molecule has 0 bridgehead atoms. The fraction of sp³-hybridized carbons (Fsp3) is 0.750. The summed E-state index contributed by atoms with van der Waals surface area (Å²) in [5.74, 6) is 0.976. The van der Waals surface area contributed by atoms with Crippen molar-refractivity contribution in [3.63, 3.8) is 0 Å². The number of aromatic nitrogens is 2. The number of aryl methyl sites for hydroxylation is 1. The number of nitrogens with zero attached hydrogens (tertiary/aromatic N) is 4. The SMILES string of the molecule is CCn1nccc1[C@@H]1OCC[C@H]1CN=C(N)N1CCOC(C)C1.I. The van der Waals surface area contributed by atoms with Crippen LogP contribution in [0, 0.1) is 5.92 Å². The predicted octanol–water partition coefficient (Wildman–Crippen LogP) is 1.63. The van der Waals surface area contributed by atoms with Crippen LogP contribution >= 0.6 is 24.0 Å². The minimum atomic E-state index is 0. The molecule has 0 spiro atoms. The lowest BCUT2D eigenvalue weighted by molar-refractivity contribution is 0.00523. The van der Waals surface area contributed by atoms with Crippen molar-refractivity contribution < 1.29 is 9.47 Å². The second kappa shape index (κ2) is 9.00. The molecule has 0 aliphatic carbocycles. The molecule has 8 heteroatoms. The highest BCUT2D eigenvalue weighted by Gasteiger charge is 2.32. The average molecular weight is 449 g/mol. The normalized spacial score (nSPS) is 28.0. The van der Waals surface area contributed by atoms with Crippen LogP contribution in [0.2, 0.25) is 0 Å². The third-order valence-corrected chi connectivity index (χ3v) is 4.61. The number of ether oxygens (including phenoxy) is 2. The van der Waals surface area contributed by atoms with E-state index in [1.54, 1.807) is 0 Å². The Kier molecular flexibility index (Phi) is 7.30. The molecule has 2 aliphatic heterocycles. The van der Waals surface area contributed by atoms with Crippen LogP contribution in [0.15, 0.2) is 17.3 Å². The summed E-state index contributed by atoms with van der Waals surface area (Å²) in [4.78, 5) is 6.74. The highest BCUT2D eigenvalue weighted by atomic mass is 127. The van der Waals surface area contributed by atoms with Crippen molar-refractivity contribution in [2.24, 2.45) is 16.6 Å². The fourth-order valence-corrected chi connectivity index (χ4v) is 3.33. The van der Waals surface area contributed by atoms with E-state index < -0.39 is 0 Å². The topological polar surface area (TPSA) is 77.9 Å². The van der Waals surface area contributed by atoms with E-state index in [4.69, 9.17) is 15.2 Å². The minimum absolute atomic E-state index is 0. The van der Waals surface area contributed by atoms with E-state index >= 15 is 0 Å². The molecule has 3 rings (SSSR count). The third-order valence-electron chi connectivity index (χ3n) is 4.61. The van der Waals surface area contributed by atoms with Crippen LogP contribution in [0.4, 0.5) is 0 Å². The van der Waals surface area contributed by atoms with Gasteiger partial charge in [-0.1, -0.05) is 0 Å². The second-order valence-electron chi connectivity index (χ2n) is 6.24. The van der Waals surface area contributed by atoms with E-state index in [1.807, 2.05) is 16.9 Å². The van der Waals surface area contributed by atoms with E-state index in [0.29, 0.717) is 25.0 Å². The Morgan fingerprint density at radius 2 is 2.25 bits per heavy atom. The van der Waals surface area contributed by atoms with Gasteiger partial charge in [0.2, 0.25) is 0 Å². The van der Waals surface area contributed by atoms with Gasteiger partial charge in [0.25, 0.3) is 0 Å². The molecule has 2 N–H and O–H groups in total. The van der Waals surface area contributed by atoms with Crippen LogP contribution in [0.3, 0.4) is 0 Å². The minimum Gasteiger partial charge on any atom is -0.375 e. The first-order valence-corrected chi connectivity index (χ1v) is 8.48. The number of hydrogen-bond acceptors (Lipinski definition) is 4. The predicted molar refractivity (Wildman–Crippen MR) is 104 cm³/mol. The van der Waals surface area contributed by atoms with Crippen molar-refractivity contribution in [1.29, 1.82) is 0 Å². The highest BCUT2D eigenvalue weighted by molar-refractivity contribution is 14.0. The number of rotatable bonds is 4. The molecule has 7 nitrogen and oxygen atoms in total. The van der Waals surface area contributed by atoms with Gasteiger partial charge in [0.15, 0.2) is 5.96 Å². The zero-order valence-corrected chi connectivity index (χ0v) is 16.8. The molecule has 0 amide bonds. The monoisotopic (exact) mass is 449 g/mol. The van der Waals surface area contributed by atoms with Crippen LogP contribution in [0.1, 0.15) is 32.1 Å². The number of nitrogens with two attached hydrogens (primary N) is 1. The first-order chi connectivity index (χ1) is 11.2. The first kappa shape index (κ1) is 19.5. The summed E-state index contributed by atoms with van der Waals surface area (Å²) in [6.07, 6.45) is 3.12. The van der Waals surface area contributed by atoms with Gasteiger partial charge in [-0.15, -0.1) is 24.0 Å². The van der Waals surface area contributed by atoms with Gasteiger partial charge in [0.1, 0.15) is 6.10 Å². The number of guanidine groups is 1. The Morgan fingerprint density at radius 1 is 1.42 bits per heavy atom. The zero-order valence-electron chi connectivity index (χ0n) is 14.4. The summed E-state index contributed by atoms with van der Waals surface area (Å²) in [6, 6.07) is 2.04. The quantitative estimate of drug-likeness (QED) is 0.430. The number of halogens is 1. The number of morpholine rings is 1. The van der Waals surface area contributed by atoms with Crippen molar-refractivity contribution in [2.75, 3.05) is 32.8 Å². The van der Waals surface area contributed by atoms with Gasteiger partial charge >= 0.3 is 0 Å². The van der Waals surface area contributed by atoms with Crippen LogP contribution in [0.5, 0.6) is 0 Å². The van der Waals surface area contributed by atoms with Crippen LogP contribution in [-0.4, -0.2) is 59.6 Å². The molecule has 1 unspecified atom stereocenters. The lowest BCUT2D eigenvalue weighted by atomic mass is 9.99. The summed E-state index contributed by atoms with van der Waals surface area (Å²) in [5, 5.41) is 4.34. The molecule has 136 valence electrons. The maximum Gasteiger partial charge on any atom is 0.191 e. The lowest BCUT2D eigenvalue weighted by Crippen LogP contribution is -2.48. The van der Waals surface area contributed by atoms with Crippen LogP contribution in [-0.2, 0) is 16.0 Å². The van der Waals surface area contributed by atoms with E-state index in [1.165, 1.54) is 0 Å². The molecule has 1 aromatic heterocycles. The van der Waals surface area contributed by atoms with Gasteiger partial charge in [0, 0.05) is 44.9 Å². The summed E-state index contributed by atoms with van der Waals surface area (Å²) in [7, 11) is 0. The molecule has 2 saturated heterocycles. The zero-order chi connectivity index (χ0) is 16.2. The smallest absolute Gasteiger partial charge is 0.191 e. The third kappa shape index (κ3) is 4.40. The lowest BCUT2D eigenvalue weighted by Gasteiger charge is -2.32. The van der Waals surface area contributed by atoms with Crippen LogP contribution in [0.25, 0.3) is 0 Å². The Labute approximate surface area is 160 Å². The Hall–Kier alpha value is -0.870. The van der Waals surface area contributed by atoms with E-state index in [9.17, 15) is 0 Å². The molecule has 3 heterocycles. The summed E-state index contributed by atoms with van der Waals surface area (Å²) in [5.41, 5.74) is 7.31. The van der Waals surface area contributed by atoms with Gasteiger partial charge in [0.05, 0.1) is 18.4 Å². The van der Waals surface area contributed by atoms with Crippen molar-refractivity contribution >= 4 is 29.9 Å². The summed E-state index contributed by atoms with van der Waals surface area (Å²) < 4.78 is 13.5. The molecular weight excluding hydrogens is 421 g/mol. The standard InChI is InChI=1S/C16H27N5O2.HI/c1-3-21-14(4-6-19-21)15-13(5-8-23-15)10-18-16(17)20-7-9-22-12(2)11-20;/h4,6,12-13,15H,3,5,7-11H2,1-2H3,(H2,17,18);1H/t12?,13-,15+;/m0./s1. The maximum absolute atomic E-state index is 6.17. The average Bonchev–Trinajstić information content (AvgIpc) is 3.20. The van der Waals surface area contributed by atoms with Gasteiger partial charge in [-0.05, 0) is 26.3 Å². The van der Waals surface area contributed by atoms with Crippen LogP contribution < -0.4 is 5.73 Å². The second-order valence-corrected chi connectivity index (χ2v) is 6.24. The largest absolute Gasteiger partial charge is 0.375 e. The van der Waals surface area contributed by atoms with Crippen molar-refractivity contribution in [3.8, 4) is 0 Å². The molecule has 3 atom stereocenters. The fourth-order valence-electron chi connectivity index (χ4n) is 3.33. The maximum atomic E-state index is 6.17. The molecule has 0 aromatic carbocycles. The Balaban J connectivity index is 0.00000208. The molecule has 2 aliphatic rings. The highest BCUT2D eigenvalue weighted by Crippen LogP contribution is 2.34. The Bertz CT molecular complexity index is 550. The number of aliphatic imine (C=N–C) groups is 1. The molecule has 0 radical (unpaired) electrons. The Morgan fingerprint density at radius 3 is 3.00 bits per heavy atom. The molecular formula is C16H28IN5O2. The molecule has 2 fully saturated rings. The van der Waals surface area contributed by atoms with Crippen molar-refractivity contribution in [1.82, 2.24) is 14.7 Å². The van der Waals surface area contributed by atoms with E-state index in [-0.39, 0.29) is 36.2 Å². The van der Waals surface area contributed by atoms with E-state index in [0.717, 1.165) is 38.4 Å². The van der Waals surface area contributed by atoms with Gasteiger partial charge in [-0.3, -0.25) is 9.67 Å².